The summed E-state index contributed by atoms with van der Waals surface area (Å²) in [4.78, 5) is 0. The van der Waals surface area contributed by atoms with Crippen LogP contribution in [0, 0.1) is 5.92 Å². The number of benzene rings is 1. The Labute approximate surface area is 91.4 Å². The van der Waals surface area contributed by atoms with Crippen molar-refractivity contribution < 1.29 is 4.74 Å². The second-order valence-corrected chi connectivity index (χ2v) is 4.41. The van der Waals surface area contributed by atoms with Crippen LogP contribution in [0.2, 0.25) is 0 Å². The molecule has 1 aromatic carbocycles. The first-order valence-corrected chi connectivity index (χ1v) is 5.69. The lowest BCUT2D eigenvalue weighted by atomic mass is 9.80. The molecular formula is C13H19NO. The van der Waals surface area contributed by atoms with E-state index in [0.717, 1.165) is 18.1 Å². The number of nitrogens with two attached hydrogens (primary N) is 1. The van der Waals surface area contributed by atoms with E-state index in [1.807, 2.05) is 12.1 Å². The van der Waals surface area contributed by atoms with Gasteiger partial charge in [-0.1, -0.05) is 31.4 Å². The van der Waals surface area contributed by atoms with Crippen LogP contribution in [0.3, 0.4) is 0 Å². The molecule has 2 N–H and O–H groups in total. The second kappa shape index (κ2) is 4.67. The van der Waals surface area contributed by atoms with Gasteiger partial charge < -0.3 is 10.5 Å². The van der Waals surface area contributed by atoms with Crippen molar-refractivity contribution in [2.24, 2.45) is 11.7 Å². The van der Waals surface area contributed by atoms with E-state index >= 15 is 0 Å². The molecule has 1 aliphatic carbocycles. The first kappa shape index (κ1) is 10.5. The fraction of sp³-hybridized carbons (Fsp3) is 0.538. The van der Waals surface area contributed by atoms with Crippen LogP contribution >= 0.6 is 0 Å². The first-order valence-electron chi connectivity index (χ1n) is 5.69. The number of hydrogen-bond acceptors (Lipinski definition) is 2. The maximum absolute atomic E-state index is 6.16. The minimum absolute atomic E-state index is 0.196. The van der Waals surface area contributed by atoms with Crippen molar-refractivity contribution in [3.63, 3.8) is 0 Å². The van der Waals surface area contributed by atoms with Crippen LogP contribution in [-0.4, -0.2) is 7.11 Å². The Hall–Kier alpha value is -1.02. The monoisotopic (exact) mass is 205 g/mol. The van der Waals surface area contributed by atoms with Gasteiger partial charge in [-0.3, -0.25) is 0 Å². The number of methoxy groups -OCH3 is 1. The fourth-order valence-corrected chi connectivity index (χ4v) is 2.07. The molecule has 0 bridgehead atoms. The van der Waals surface area contributed by atoms with Crippen molar-refractivity contribution in [3.05, 3.63) is 29.8 Å². The van der Waals surface area contributed by atoms with Crippen molar-refractivity contribution in [1.29, 1.82) is 0 Å². The molecule has 2 rings (SSSR count). The third kappa shape index (κ3) is 2.51. The van der Waals surface area contributed by atoms with Crippen LogP contribution in [0.25, 0.3) is 0 Å². The fourth-order valence-electron chi connectivity index (χ4n) is 2.07. The third-order valence-corrected chi connectivity index (χ3v) is 3.36. The summed E-state index contributed by atoms with van der Waals surface area (Å²) < 4.78 is 5.12. The van der Waals surface area contributed by atoms with Gasteiger partial charge in [-0.2, -0.15) is 0 Å². The molecule has 1 unspecified atom stereocenters. The zero-order valence-electron chi connectivity index (χ0n) is 9.28. The van der Waals surface area contributed by atoms with Gasteiger partial charge >= 0.3 is 0 Å². The molecule has 0 radical (unpaired) electrons. The quantitative estimate of drug-likeness (QED) is 0.820. The van der Waals surface area contributed by atoms with E-state index in [0.29, 0.717) is 0 Å². The highest BCUT2D eigenvalue weighted by Crippen LogP contribution is 2.33. The van der Waals surface area contributed by atoms with Gasteiger partial charge in [-0.15, -0.1) is 0 Å². The molecule has 1 fully saturated rings. The summed E-state index contributed by atoms with van der Waals surface area (Å²) in [7, 11) is 1.68. The summed E-state index contributed by atoms with van der Waals surface area (Å²) in [5.41, 5.74) is 7.38. The van der Waals surface area contributed by atoms with Crippen molar-refractivity contribution in [3.8, 4) is 5.75 Å². The van der Waals surface area contributed by atoms with Gasteiger partial charge in [-0.25, -0.2) is 0 Å². The zero-order valence-corrected chi connectivity index (χ0v) is 9.28. The lowest BCUT2D eigenvalue weighted by Crippen LogP contribution is -2.19. The number of hydrogen-bond donors (Lipinski definition) is 1. The van der Waals surface area contributed by atoms with Crippen LogP contribution < -0.4 is 10.5 Å². The van der Waals surface area contributed by atoms with Crippen LogP contribution in [0.1, 0.15) is 37.3 Å². The van der Waals surface area contributed by atoms with Crippen molar-refractivity contribution >= 4 is 0 Å². The number of rotatable bonds is 4. The van der Waals surface area contributed by atoms with Gasteiger partial charge in [0.15, 0.2) is 0 Å². The first-order chi connectivity index (χ1) is 7.29. The Bertz CT molecular complexity index is 303. The molecular weight excluding hydrogens is 186 g/mol. The Morgan fingerprint density at radius 3 is 2.47 bits per heavy atom. The van der Waals surface area contributed by atoms with E-state index < -0.39 is 0 Å². The van der Waals surface area contributed by atoms with Gasteiger partial charge in [0.1, 0.15) is 5.75 Å². The van der Waals surface area contributed by atoms with E-state index in [1.165, 1.54) is 24.8 Å². The third-order valence-electron chi connectivity index (χ3n) is 3.36. The van der Waals surface area contributed by atoms with Gasteiger partial charge in [-0.05, 0) is 30.0 Å². The van der Waals surface area contributed by atoms with Crippen LogP contribution in [0.4, 0.5) is 0 Å². The molecule has 0 saturated heterocycles. The van der Waals surface area contributed by atoms with E-state index in [9.17, 15) is 0 Å². The SMILES string of the molecule is COc1ccc(C(N)CC2CCC2)cc1. The molecule has 82 valence electrons. The van der Waals surface area contributed by atoms with E-state index in [-0.39, 0.29) is 6.04 Å². The summed E-state index contributed by atoms with van der Waals surface area (Å²) in [5, 5.41) is 0. The lowest BCUT2D eigenvalue weighted by Gasteiger charge is -2.28. The molecule has 0 spiro atoms. The van der Waals surface area contributed by atoms with E-state index in [2.05, 4.69) is 12.1 Å². The largest absolute Gasteiger partial charge is 0.497 e. The van der Waals surface area contributed by atoms with Crippen molar-refractivity contribution in [2.75, 3.05) is 7.11 Å². The summed E-state index contributed by atoms with van der Waals surface area (Å²) in [5.74, 6) is 1.76. The minimum atomic E-state index is 0.196. The normalized spacial score (nSPS) is 18.3. The highest BCUT2D eigenvalue weighted by molar-refractivity contribution is 5.28. The Morgan fingerprint density at radius 1 is 1.33 bits per heavy atom. The molecule has 2 nitrogen and oxygen atoms in total. The molecule has 1 aliphatic rings. The summed E-state index contributed by atoms with van der Waals surface area (Å²) in [6.45, 7) is 0. The zero-order chi connectivity index (χ0) is 10.7. The van der Waals surface area contributed by atoms with Crippen LogP contribution in [0.5, 0.6) is 5.75 Å². The molecule has 2 heteroatoms. The van der Waals surface area contributed by atoms with Gasteiger partial charge in [0.25, 0.3) is 0 Å². The molecule has 15 heavy (non-hydrogen) atoms. The predicted octanol–water partition coefficient (Wildman–Crippen LogP) is 2.89. The highest BCUT2D eigenvalue weighted by Gasteiger charge is 2.20. The van der Waals surface area contributed by atoms with Crippen LogP contribution in [0.15, 0.2) is 24.3 Å². The summed E-state index contributed by atoms with van der Waals surface area (Å²) in [6, 6.07) is 8.30. The molecule has 0 aliphatic heterocycles. The van der Waals surface area contributed by atoms with Gasteiger partial charge in [0.2, 0.25) is 0 Å². The minimum Gasteiger partial charge on any atom is -0.497 e. The smallest absolute Gasteiger partial charge is 0.118 e. The van der Waals surface area contributed by atoms with Crippen molar-refractivity contribution in [1.82, 2.24) is 0 Å². The molecule has 1 atom stereocenters. The standard InChI is InChI=1S/C13H19NO/c1-15-12-7-5-11(6-8-12)13(14)9-10-3-2-4-10/h5-8,10,13H,2-4,9,14H2,1H3. The topological polar surface area (TPSA) is 35.2 Å². The van der Waals surface area contributed by atoms with Crippen molar-refractivity contribution in [2.45, 2.75) is 31.7 Å². The predicted molar refractivity (Wildman–Crippen MR) is 61.9 cm³/mol. The average Bonchev–Trinajstić information content (AvgIpc) is 2.23. The summed E-state index contributed by atoms with van der Waals surface area (Å²) >= 11 is 0. The van der Waals surface area contributed by atoms with Gasteiger partial charge in [0, 0.05) is 6.04 Å². The number of ether oxygens (including phenoxy) is 1. The Balaban J connectivity index is 1.94. The molecule has 0 amide bonds. The van der Waals surface area contributed by atoms with E-state index in [1.54, 1.807) is 7.11 Å². The highest BCUT2D eigenvalue weighted by atomic mass is 16.5. The second-order valence-electron chi connectivity index (χ2n) is 4.41. The maximum Gasteiger partial charge on any atom is 0.118 e. The molecule has 1 saturated carbocycles. The Morgan fingerprint density at radius 2 is 2.00 bits per heavy atom. The molecule has 0 heterocycles. The maximum atomic E-state index is 6.16. The lowest BCUT2D eigenvalue weighted by molar-refractivity contribution is 0.277. The molecule has 1 aromatic rings. The van der Waals surface area contributed by atoms with E-state index in [4.69, 9.17) is 10.5 Å². The van der Waals surface area contributed by atoms with Crippen LogP contribution in [-0.2, 0) is 0 Å². The van der Waals surface area contributed by atoms with Gasteiger partial charge in [0.05, 0.1) is 7.11 Å². The molecule has 0 aromatic heterocycles. The average molecular weight is 205 g/mol. The Kier molecular flexibility index (Phi) is 3.27. The summed E-state index contributed by atoms with van der Waals surface area (Å²) in [6.07, 6.45) is 5.25.